The predicted molar refractivity (Wildman–Crippen MR) is 31.2 cm³/mol. The summed E-state index contributed by atoms with van der Waals surface area (Å²) in [5, 5.41) is 33.8. The van der Waals surface area contributed by atoms with E-state index in [-0.39, 0.29) is 0 Å². The van der Waals surface area contributed by atoms with E-state index in [1.165, 1.54) is 0 Å². The monoisotopic (exact) mass is 167 g/mol. The van der Waals surface area contributed by atoms with Crippen LogP contribution in [-0.4, -0.2) is 51.4 Å². The van der Waals surface area contributed by atoms with Gasteiger partial charge in [0.05, 0.1) is 6.61 Å². The molecular formula is C5H9FO5. The summed E-state index contributed by atoms with van der Waals surface area (Å²) in [5.74, 6) is 0. The highest BCUT2D eigenvalue weighted by Crippen LogP contribution is 2.01. The number of hydrogen-bond donors (Lipinski definition) is 4. The quantitative estimate of drug-likeness (QED) is 0.349. The fourth-order valence-corrected chi connectivity index (χ4v) is 0.453. The van der Waals surface area contributed by atoms with E-state index in [0.717, 1.165) is 0 Å². The van der Waals surface area contributed by atoms with Crippen LogP contribution in [0.3, 0.4) is 0 Å². The minimum Gasteiger partial charge on any atom is -0.394 e. The molecule has 0 rings (SSSR count). The largest absolute Gasteiger partial charge is 0.394 e. The number of aliphatic hydroxyl groups is 4. The molecule has 0 unspecified atom stereocenters. The van der Waals surface area contributed by atoms with Gasteiger partial charge >= 0.3 is 6.04 Å². The molecule has 0 aliphatic heterocycles. The Balaban J connectivity index is 4.00. The predicted octanol–water partition coefficient (Wildman–Crippen LogP) is -2.44. The summed E-state index contributed by atoms with van der Waals surface area (Å²) in [6.07, 6.45) is -6.00. The van der Waals surface area contributed by atoms with Crippen LogP contribution in [0, 0.1) is 0 Å². The van der Waals surface area contributed by atoms with Crippen molar-refractivity contribution in [2.75, 3.05) is 6.61 Å². The van der Waals surface area contributed by atoms with E-state index in [0.29, 0.717) is 0 Å². The van der Waals surface area contributed by atoms with Gasteiger partial charge in [0.15, 0.2) is 6.10 Å². The summed E-state index contributed by atoms with van der Waals surface area (Å²) in [6, 6.07) is -2.15. The Hall–Kier alpha value is -0.560. The molecule has 5 nitrogen and oxygen atoms in total. The molecule has 0 aromatic carbocycles. The van der Waals surface area contributed by atoms with Gasteiger partial charge in [0.1, 0.15) is 12.2 Å². The molecule has 3 atom stereocenters. The van der Waals surface area contributed by atoms with Crippen LogP contribution in [0.15, 0.2) is 0 Å². The van der Waals surface area contributed by atoms with Gasteiger partial charge in [-0.25, -0.2) is 0 Å². The second-order valence-electron chi connectivity index (χ2n) is 1.99. The second-order valence-corrected chi connectivity index (χ2v) is 1.99. The summed E-state index contributed by atoms with van der Waals surface area (Å²) in [5.41, 5.74) is 0. The molecule has 0 fully saturated rings. The van der Waals surface area contributed by atoms with Gasteiger partial charge in [0, 0.05) is 0 Å². The third-order valence-electron chi connectivity index (χ3n) is 1.14. The average molecular weight is 167 g/mol. The Bertz CT molecular complexity index is 139. The number of hydrogen-bond acceptors (Lipinski definition) is 5. The first kappa shape index (κ1) is 10.4. The van der Waals surface area contributed by atoms with E-state index in [1.54, 1.807) is 0 Å². The maximum Gasteiger partial charge on any atom is 0.332 e. The van der Waals surface area contributed by atoms with E-state index in [1.807, 2.05) is 0 Å². The van der Waals surface area contributed by atoms with Gasteiger partial charge in [0.2, 0.25) is 0 Å². The summed E-state index contributed by atoms with van der Waals surface area (Å²) in [4.78, 5) is 9.74. The zero-order chi connectivity index (χ0) is 9.02. The van der Waals surface area contributed by atoms with E-state index in [4.69, 9.17) is 20.4 Å². The van der Waals surface area contributed by atoms with E-state index in [2.05, 4.69) is 0 Å². The molecule has 0 saturated heterocycles. The van der Waals surface area contributed by atoms with Crippen LogP contribution in [-0.2, 0) is 4.79 Å². The fraction of sp³-hybridized carbons (Fsp3) is 0.800. The molecule has 0 aliphatic rings. The number of aliphatic hydroxyl groups excluding tert-OH is 4. The van der Waals surface area contributed by atoms with Crippen molar-refractivity contribution in [3.05, 3.63) is 0 Å². The van der Waals surface area contributed by atoms with E-state index in [9.17, 15) is 9.18 Å². The lowest BCUT2D eigenvalue weighted by Crippen LogP contribution is -2.42. The van der Waals surface area contributed by atoms with Crippen molar-refractivity contribution < 1.29 is 29.6 Å². The van der Waals surface area contributed by atoms with Crippen molar-refractivity contribution in [2.24, 2.45) is 0 Å². The van der Waals surface area contributed by atoms with Gasteiger partial charge in [-0.1, -0.05) is 0 Å². The van der Waals surface area contributed by atoms with Crippen LogP contribution in [0.25, 0.3) is 0 Å². The summed E-state index contributed by atoms with van der Waals surface area (Å²) in [7, 11) is 0. The van der Waals surface area contributed by atoms with Crippen LogP contribution in [0.2, 0.25) is 0 Å². The van der Waals surface area contributed by atoms with Gasteiger partial charge in [-0.05, 0) is 0 Å². The highest BCUT2D eigenvalue weighted by atomic mass is 18.2. The maximum absolute atomic E-state index is 11.6. The van der Waals surface area contributed by atoms with Gasteiger partial charge in [-0.15, -0.1) is 0 Å². The Morgan fingerprint density at radius 3 is 2.09 bits per heavy atom. The highest BCUT2D eigenvalue weighted by Gasteiger charge is 2.29. The maximum atomic E-state index is 11.6. The van der Waals surface area contributed by atoms with Gasteiger partial charge in [-0.2, -0.15) is 4.39 Å². The zero-order valence-electron chi connectivity index (χ0n) is 5.51. The second kappa shape index (κ2) is 4.35. The SMILES string of the molecule is O=C([18F])[C@H](O)[C@H](O)[C@H](O)CO. The van der Waals surface area contributed by atoms with Gasteiger partial charge in [0.25, 0.3) is 0 Å². The molecular weight excluding hydrogens is 158 g/mol. The smallest absolute Gasteiger partial charge is 0.332 e. The first-order valence-corrected chi connectivity index (χ1v) is 2.85. The molecule has 0 aromatic heterocycles. The lowest BCUT2D eigenvalue weighted by Gasteiger charge is -2.17. The summed E-state index contributed by atoms with van der Waals surface area (Å²) >= 11 is 0. The number of carbonyl (C=O) groups excluding carboxylic acids is 1. The lowest BCUT2D eigenvalue weighted by atomic mass is 10.1. The highest BCUT2D eigenvalue weighted by molar-refractivity contribution is 5.73. The molecule has 0 bridgehead atoms. The van der Waals surface area contributed by atoms with Crippen molar-refractivity contribution in [1.29, 1.82) is 0 Å². The molecule has 11 heavy (non-hydrogen) atoms. The van der Waals surface area contributed by atoms with Gasteiger partial charge in [-0.3, -0.25) is 4.79 Å². The van der Waals surface area contributed by atoms with Gasteiger partial charge < -0.3 is 20.4 Å². The molecule has 0 spiro atoms. The topological polar surface area (TPSA) is 98.0 Å². The number of halogens is 1. The van der Waals surface area contributed by atoms with Crippen molar-refractivity contribution in [2.45, 2.75) is 18.3 Å². The Morgan fingerprint density at radius 2 is 1.82 bits per heavy atom. The van der Waals surface area contributed by atoms with E-state index < -0.39 is 31.0 Å². The van der Waals surface area contributed by atoms with Crippen LogP contribution >= 0.6 is 0 Å². The zero-order valence-corrected chi connectivity index (χ0v) is 5.51. The molecule has 0 aliphatic carbocycles. The Labute approximate surface area is 61.7 Å². The normalized spacial score (nSPS) is 19.0. The van der Waals surface area contributed by atoms with Crippen molar-refractivity contribution in [3.63, 3.8) is 0 Å². The standard InChI is InChI=1S/C5H9FO5/c6-5(11)4(10)3(9)2(8)1-7/h2-4,7-10H,1H2/t2-,3-,4-/m1/s1/i6-1. The average Bonchev–Trinajstić information content (AvgIpc) is 2.00. The minimum atomic E-state index is -2.29. The van der Waals surface area contributed by atoms with E-state index >= 15 is 0 Å². The summed E-state index contributed by atoms with van der Waals surface area (Å²) in [6.45, 7) is -0.856. The van der Waals surface area contributed by atoms with Crippen LogP contribution in [0.5, 0.6) is 0 Å². The Kier molecular flexibility index (Phi) is 4.12. The lowest BCUT2D eigenvalue weighted by molar-refractivity contribution is -0.151. The molecule has 4 N–H and O–H groups in total. The van der Waals surface area contributed by atoms with Crippen LogP contribution in [0.1, 0.15) is 0 Å². The molecule has 0 radical (unpaired) electrons. The minimum absolute atomic E-state index is 0.856. The van der Waals surface area contributed by atoms with Crippen molar-refractivity contribution in [3.8, 4) is 0 Å². The van der Waals surface area contributed by atoms with Crippen molar-refractivity contribution in [1.82, 2.24) is 0 Å². The van der Waals surface area contributed by atoms with Crippen LogP contribution < -0.4 is 0 Å². The number of carbonyl (C=O) groups is 1. The molecule has 0 heterocycles. The molecule has 6 heteroatoms. The molecule has 66 valence electrons. The number of rotatable bonds is 4. The summed E-state index contributed by atoms with van der Waals surface area (Å²) < 4.78 is 11.6. The molecule has 0 amide bonds. The molecule has 0 aromatic rings. The third-order valence-corrected chi connectivity index (χ3v) is 1.14. The Morgan fingerprint density at radius 1 is 1.36 bits per heavy atom. The first-order valence-electron chi connectivity index (χ1n) is 2.85. The fourth-order valence-electron chi connectivity index (χ4n) is 0.453. The third kappa shape index (κ3) is 2.89. The van der Waals surface area contributed by atoms with Crippen LogP contribution in [0.4, 0.5) is 4.39 Å². The molecule has 0 saturated carbocycles. The first-order chi connectivity index (χ1) is 5.00. The van der Waals surface area contributed by atoms with Crippen molar-refractivity contribution >= 4 is 6.04 Å².